The number of ketones is 1. The van der Waals surface area contributed by atoms with E-state index in [9.17, 15) is 14.7 Å². The second kappa shape index (κ2) is 10.8. The number of rotatable bonds is 10. The molecule has 1 aliphatic rings. The van der Waals surface area contributed by atoms with E-state index in [0.29, 0.717) is 30.2 Å². The highest BCUT2D eigenvalue weighted by Gasteiger charge is 2.45. The number of likely N-dealkylation sites (tertiary alicyclic amines) is 1. The Bertz CT molecular complexity index is 980. The van der Waals surface area contributed by atoms with Crippen LogP contribution >= 0.6 is 0 Å². The molecule has 2 aromatic carbocycles. The number of hydrogen-bond acceptors (Lipinski definition) is 5. The SMILES string of the molecule is CCCCCN1C(=O)C(=O)/C(=C(\O)c2ccc(OCCC)cc2)C1c1cccc(OC)c1. The lowest BCUT2D eigenvalue weighted by Crippen LogP contribution is -2.30. The van der Waals surface area contributed by atoms with E-state index in [1.807, 2.05) is 25.1 Å². The molecule has 1 saturated heterocycles. The summed E-state index contributed by atoms with van der Waals surface area (Å²) in [4.78, 5) is 27.5. The van der Waals surface area contributed by atoms with Crippen LogP contribution in [0.5, 0.6) is 11.5 Å². The molecule has 170 valence electrons. The van der Waals surface area contributed by atoms with Crippen molar-refractivity contribution < 1.29 is 24.2 Å². The average molecular weight is 438 g/mol. The fourth-order valence-corrected chi connectivity index (χ4v) is 3.89. The van der Waals surface area contributed by atoms with Gasteiger partial charge in [-0.25, -0.2) is 0 Å². The monoisotopic (exact) mass is 437 g/mol. The van der Waals surface area contributed by atoms with Gasteiger partial charge in [0.2, 0.25) is 0 Å². The lowest BCUT2D eigenvalue weighted by atomic mass is 9.95. The summed E-state index contributed by atoms with van der Waals surface area (Å²) in [5.41, 5.74) is 1.29. The predicted octanol–water partition coefficient (Wildman–Crippen LogP) is 5.10. The predicted molar refractivity (Wildman–Crippen MR) is 124 cm³/mol. The first-order valence-electron chi connectivity index (χ1n) is 11.2. The normalized spacial score (nSPS) is 17.6. The van der Waals surface area contributed by atoms with E-state index in [1.54, 1.807) is 42.3 Å². The van der Waals surface area contributed by atoms with Crippen molar-refractivity contribution in [1.29, 1.82) is 0 Å². The Labute approximate surface area is 189 Å². The lowest BCUT2D eigenvalue weighted by Gasteiger charge is -2.25. The third-order valence-corrected chi connectivity index (χ3v) is 5.55. The van der Waals surface area contributed by atoms with E-state index in [-0.39, 0.29) is 11.3 Å². The van der Waals surface area contributed by atoms with Crippen LogP contribution in [0, 0.1) is 0 Å². The third-order valence-electron chi connectivity index (χ3n) is 5.55. The zero-order chi connectivity index (χ0) is 23.1. The van der Waals surface area contributed by atoms with Crippen molar-refractivity contribution in [3.8, 4) is 11.5 Å². The summed E-state index contributed by atoms with van der Waals surface area (Å²) in [7, 11) is 1.57. The standard InChI is InChI=1S/C26H31NO5/c1-4-6-7-15-27-23(19-9-8-10-21(17-19)31-3)22(25(29)26(27)30)24(28)18-11-13-20(14-12-18)32-16-5-2/h8-14,17,23,28H,4-7,15-16H2,1-3H3/b24-22-. The number of amides is 1. The minimum absolute atomic E-state index is 0.0991. The highest BCUT2D eigenvalue weighted by Crippen LogP contribution is 2.40. The van der Waals surface area contributed by atoms with E-state index in [2.05, 4.69) is 6.92 Å². The molecule has 0 aromatic heterocycles. The van der Waals surface area contributed by atoms with Gasteiger partial charge in [-0.2, -0.15) is 0 Å². The maximum absolute atomic E-state index is 13.0. The van der Waals surface area contributed by atoms with E-state index >= 15 is 0 Å². The highest BCUT2D eigenvalue weighted by molar-refractivity contribution is 6.46. The molecular formula is C26H31NO5. The summed E-state index contributed by atoms with van der Waals surface area (Å²) in [5, 5.41) is 11.1. The van der Waals surface area contributed by atoms with Gasteiger partial charge in [-0.3, -0.25) is 9.59 Å². The molecule has 0 bridgehead atoms. The molecule has 0 aliphatic carbocycles. The van der Waals surface area contributed by atoms with Gasteiger partial charge in [0.1, 0.15) is 17.3 Å². The molecule has 6 heteroatoms. The van der Waals surface area contributed by atoms with E-state index in [4.69, 9.17) is 9.47 Å². The summed E-state index contributed by atoms with van der Waals surface area (Å²) >= 11 is 0. The fourth-order valence-electron chi connectivity index (χ4n) is 3.89. The lowest BCUT2D eigenvalue weighted by molar-refractivity contribution is -0.139. The fraction of sp³-hybridized carbons (Fsp3) is 0.385. The van der Waals surface area contributed by atoms with Gasteiger partial charge in [-0.1, -0.05) is 38.8 Å². The molecule has 0 radical (unpaired) electrons. The van der Waals surface area contributed by atoms with E-state index in [1.165, 1.54) is 0 Å². The number of unbranched alkanes of at least 4 members (excludes halogenated alkanes) is 2. The molecule has 1 fully saturated rings. The number of carbonyl (C=O) groups excluding carboxylic acids is 2. The maximum Gasteiger partial charge on any atom is 0.295 e. The summed E-state index contributed by atoms with van der Waals surface area (Å²) in [6.45, 7) is 5.16. The Kier molecular flexibility index (Phi) is 7.92. The van der Waals surface area contributed by atoms with Crippen LogP contribution in [0.1, 0.15) is 56.7 Å². The van der Waals surface area contributed by atoms with Crippen LogP contribution in [0.2, 0.25) is 0 Å². The molecule has 32 heavy (non-hydrogen) atoms. The van der Waals surface area contributed by atoms with Crippen LogP contribution < -0.4 is 9.47 Å². The van der Waals surface area contributed by atoms with Crippen molar-refractivity contribution in [2.24, 2.45) is 0 Å². The molecule has 0 saturated carbocycles. The topological polar surface area (TPSA) is 76.1 Å². The molecule has 1 atom stereocenters. The number of hydrogen-bond donors (Lipinski definition) is 1. The average Bonchev–Trinajstić information content (AvgIpc) is 3.08. The number of methoxy groups -OCH3 is 1. The van der Waals surface area contributed by atoms with Crippen molar-refractivity contribution in [2.75, 3.05) is 20.3 Å². The third kappa shape index (κ3) is 4.96. The van der Waals surface area contributed by atoms with Gasteiger partial charge in [0.25, 0.3) is 11.7 Å². The van der Waals surface area contributed by atoms with Gasteiger partial charge < -0.3 is 19.5 Å². The Hall–Kier alpha value is -3.28. The van der Waals surface area contributed by atoms with Crippen LogP contribution in [0.3, 0.4) is 0 Å². The van der Waals surface area contributed by atoms with Crippen molar-refractivity contribution in [3.63, 3.8) is 0 Å². The number of aliphatic hydroxyl groups excluding tert-OH is 1. The Morgan fingerprint density at radius 2 is 1.75 bits per heavy atom. The number of carbonyl (C=O) groups is 2. The van der Waals surface area contributed by atoms with Gasteiger partial charge in [0.05, 0.1) is 25.3 Å². The molecule has 1 amide bonds. The Balaban J connectivity index is 2.05. The van der Waals surface area contributed by atoms with Crippen molar-refractivity contribution in [1.82, 2.24) is 4.90 Å². The van der Waals surface area contributed by atoms with Crippen LogP contribution in [-0.2, 0) is 9.59 Å². The Morgan fingerprint density at radius 1 is 1.00 bits per heavy atom. The van der Waals surface area contributed by atoms with Gasteiger partial charge in [-0.05, 0) is 54.8 Å². The molecule has 1 heterocycles. The number of nitrogens with zero attached hydrogens (tertiary/aromatic N) is 1. The quantitative estimate of drug-likeness (QED) is 0.242. The van der Waals surface area contributed by atoms with E-state index < -0.39 is 17.7 Å². The molecule has 3 rings (SSSR count). The summed E-state index contributed by atoms with van der Waals surface area (Å²) in [6.07, 6.45) is 3.63. The molecule has 1 unspecified atom stereocenters. The van der Waals surface area contributed by atoms with Crippen molar-refractivity contribution in [3.05, 3.63) is 65.2 Å². The largest absolute Gasteiger partial charge is 0.507 e. The zero-order valence-corrected chi connectivity index (χ0v) is 19.0. The number of benzene rings is 2. The van der Waals surface area contributed by atoms with Crippen molar-refractivity contribution in [2.45, 2.75) is 45.6 Å². The van der Waals surface area contributed by atoms with E-state index in [0.717, 1.165) is 31.2 Å². The van der Waals surface area contributed by atoms with Gasteiger partial charge in [0, 0.05) is 12.1 Å². The van der Waals surface area contributed by atoms with Crippen molar-refractivity contribution >= 4 is 17.4 Å². The van der Waals surface area contributed by atoms with Crippen LogP contribution in [0.15, 0.2) is 54.1 Å². The Morgan fingerprint density at radius 3 is 2.41 bits per heavy atom. The van der Waals surface area contributed by atoms with Gasteiger partial charge in [0.15, 0.2) is 0 Å². The molecule has 1 aliphatic heterocycles. The maximum atomic E-state index is 13.0. The molecule has 2 aromatic rings. The second-order valence-electron chi connectivity index (χ2n) is 7.85. The molecular weight excluding hydrogens is 406 g/mol. The van der Waals surface area contributed by atoms with Crippen LogP contribution in [0.25, 0.3) is 5.76 Å². The first kappa shape index (κ1) is 23.4. The smallest absolute Gasteiger partial charge is 0.295 e. The molecule has 6 nitrogen and oxygen atoms in total. The van der Waals surface area contributed by atoms with Crippen LogP contribution in [0.4, 0.5) is 0 Å². The summed E-state index contributed by atoms with van der Waals surface area (Å²) in [6, 6.07) is 13.5. The molecule has 0 spiro atoms. The van der Waals surface area contributed by atoms with Gasteiger partial charge >= 0.3 is 0 Å². The first-order valence-corrected chi connectivity index (χ1v) is 11.2. The number of aliphatic hydroxyl groups is 1. The summed E-state index contributed by atoms with van der Waals surface area (Å²) in [5.74, 6) is -0.125. The molecule has 1 N–H and O–H groups in total. The minimum atomic E-state index is -0.669. The highest BCUT2D eigenvalue weighted by atomic mass is 16.5. The second-order valence-corrected chi connectivity index (χ2v) is 7.85. The zero-order valence-electron chi connectivity index (χ0n) is 19.0. The summed E-state index contributed by atoms with van der Waals surface area (Å²) < 4.78 is 10.9. The first-order chi connectivity index (χ1) is 15.5. The number of ether oxygens (including phenoxy) is 2. The minimum Gasteiger partial charge on any atom is -0.507 e. The van der Waals surface area contributed by atoms with Crippen LogP contribution in [-0.4, -0.2) is 42.0 Å². The van der Waals surface area contributed by atoms with Gasteiger partial charge in [-0.15, -0.1) is 0 Å². The number of Topliss-reactive ketones (excluding diaryl/α,β-unsaturated/α-hetero) is 1.